The van der Waals surface area contributed by atoms with Crippen molar-refractivity contribution in [1.29, 1.82) is 0 Å². The number of pyridine rings is 1. The molecule has 3 N–H and O–H groups in total. The van der Waals surface area contributed by atoms with E-state index in [4.69, 9.17) is 5.21 Å². The van der Waals surface area contributed by atoms with Gasteiger partial charge < -0.3 is 5.21 Å². The SMILES string of the molecule is NO.c1ccc2ncccc2c1. The maximum atomic E-state index is 6.50. The molecule has 62 valence electrons. The number of nitrogens with two attached hydrogens (primary N) is 1. The highest BCUT2D eigenvalue weighted by atomic mass is 16.4. The van der Waals surface area contributed by atoms with Crippen LogP contribution in [0.3, 0.4) is 0 Å². The molecular formula is C9H10N2O. The molecule has 3 heteroatoms. The Labute approximate surface area is 70.4 Å². The fourth-order valence-corrected chi connectivity index (χ4v) is 1.02. The lowest BCUT2D eigenvalue weighted by Gasteiger charge is -1.91. The van der Waals surface area contributed by atoms with Gasteiger partial charge in [-0.05, 0) is 12.1 Å². The molecule has 0 bridgehead atoms. The molecule has 0 unspecified atom stereocenters. The number of rotatable bonds is 0. The maximum absolute atomic E-state index is 6.50. The molecular weight excluding hydrogens is 152 g/mol. The fraction of sp³-hybridized carbons (Fsp3) is 0. The first kappa shape index (κ1) is 8.64. The van der Waals surface area contributed by atoms with Crippen LogP contribution in [0.1, 0.15) is 0 Å². The van der Waals surface area contributed by atoms with Gasteiger partial charge in [-0.2, -0.15) is 0 Å². The van der Waals surface area contributed by atoms with E-state index in [1.165, 1.54) is 5.39 Å². The van der Waals surface area contributed by atoms with E-state index in [1.54, 1.807) is 0 Å². The first-order valence-electron chi connectivity index (χ1n) is 3.52. The number of fused-ring (bicyclic) bond motifs is 1. The van der Waals surface area contributed by atoms with E-state index in [-0.39, 0.29) is 0 Å². The third-order valence-electron chi connectivity index (χ3n) is 1.51. The molecule has 2 aromatic rings. The molecule has 0 saturated heterocycles. The summed E-state index contributed by atoms with van der Waals surface area (Å²) < 4.78 is 0. The first-order valence-corrected chi connectivity index (χ1v) is 3.52. The van der Waals surface area contributed by atoms with Crippen LogP contribution in [-0.4, -0.2) is 10.2 Å². The minimum absolute atomic E-state index is 1.06. The van der Waals surface area contributed by atoms with E-state index < -0.39 is 0 Å². The zero-order valence-corrected chi connectivity index (χ0v) is 6.51. The summed E-state index contributed by atoms with van der Waals surface area (Å²) in [6.45, 7) is 0. The second kappa shape index (κ2) is 4.43. The smallest absolute Gasteiger partial charge is 0.0701 e. The van der Waals surface area contributed by atoms with Gasteiger partial charge in [0.25, 0.3) is 0 Å². The topological polar surface area (TPSA) is 59.1 Å². The number of nitrogens with zero attached hydrogens (tertiary/aromatic N) is 1. The largest absolute Gasteiger partial charge is 0.320 e. The van der Waals surface area contributed by atoms with Gasteiger partial charge in [-0.15, -0.1) is 0 Å². The van der Waals surface area contributed by atoms with E-state index in [0.717, 1.165) is 5.52 Å². The number of para-hydroxylation sites is 1. The Hall–Kier alpha value is -1.45. The average Bonchev–Trinajstić information content (AvgIpc) is 2.21. The van der Waals surface area contributed by atoms with Crippen LogP contribution in [0, 0.1) is 0 Å². The molecule has 0 aliphatic heterocycles. The standard InChI is InChI=1S/C9H7N.H3NO/c1-2-6-9-8(4-1)5-3-7-10-9;1-2/h1-7H;2H,1H2. The Morgan fingerprint density at radius 3 is 2.42 bits per heavy atom. The predicted molar refractivity (Wildman–Crippen MR) is 47.7 cm³/mol. The number of benzene rings is 1. The third-order valence-corrected chi connectivity index (χ3v) is 1.51. The molecule has 0 aliphatic carbocycles. The van der Waals surface area contributed by atoms with Gasteiger partial charge in [0.1, 0.15) is 0 Å². The summed E-state index contributed by atoms with van der Waals surface area (Å²) in [7, 11) is 0. The monoisotopic (exact) mass is 162 g/mol. The first-order chi connectivity index (χ1) is 5.97. The molecule has 0 fully saturated rings. The molecule has 0 saturated carbocycles. The second-order valence-electron chi connectivity index (χ2n) is 2.20. The van der Waals surface area contributed by atoms with Gasteiger partial charge in [0.15, 0.2) is 0 Å². The van der Waals surface area contributed by atoms with E-state index in [9.17, 15) is 0 Å². The molecule has 1 aromatic carbocycles. The lowest BCUT2D eigenvalue weighted by Crippen LogP contribution is -1.73. The van der Waals surface area contributed by atoms with Crippen LogP contribution in [0.25, 0.3) is 10.9 Å². The Morgan fingerprint density at radius 1 is 1.00 bits per heavy atom. The Kier molecular flexibility index (Phi) is 3.19. The molecule has 0 aliphatic rings. The summed E-state index contributed by atoms with van der Waals surface area (Å²) in [6, 6.07) is 12.1. The molecule has 0 spiro atoms. The van der Waals surface area contributed by atoms with E-state index in [0.29, 0.717) is 0 Å². The van der Waals surface area contributed by atoms with Crippen LogP contribution < -0.4 is 5.90 Å². The Bertz CT molecular complexity index is 284. The lowest BCUT2D eigenvalue weighted by molar-refractivity contribution is 0.311. The summed E-state index contributed by atoms with van der Waals surface area (Å²) in [5.41, 5.74) is 1.06. The van der Waals surface area contributed by atoms with Gasteiger partial charge in [0.05, 0.1) is 5.52 Å². The summed E-state index contributed by atoms with van der Waals surface area (Å²) in [5.74, 6) is 3.50. The van der Waals surface area contributed by atoms with Crippen molar-refractivity contribution in [3.63, 3.8) is 0 Å². The average molecular weight is 162 g/mol. The van der Waals surface area contributed by atoms with E-state index in [2.05, 4.69) is 23.0 Å². The van der Waals surface area contributed by atoms with E-state index >= 15 is 0 Å². The zero-order valence-electron chi connectivity index (χ0n) is 6.51. The molecule has 3 nitrogen and oxygen atoms in total. The molecule has 0 amide bonds. The quantitative estimate of drug-likeness (QED) is 0.578. The van der Waals surface area contributed by atoms with Gasteiger partial charge >= 0.3 is 0 Å². The fourth-order valence-electron chi connectivity index (χ4n) is 1.02. The van der Waals surface area contributed by atoms with Gasteiger partial charge in [-0.3, -0.25) is 4.98 Å². The van der Waals surface area contributed by atoms with Crippen molar-refractivity contribution in [1.82, 2.24) is 4.98 Å². The van der Waals surface area contributed by atoms with Crippen molar-refractivity contribution in [2.45, 2.75) is 0 Å². The van der Waals surface area contributed by atoms with Crippen molar-refractivity contribution in [3.8, 4) is 0 Å². The third kappa shape index (κ3) is 1.78. The molecule has 1 heterocycles. The number of hydrogen-bond donors (Lipinski definition) is 2. The van der Waals surface area contributed by atoms with Crippen LogP contribution in [0.15, 0.2) is 42.6 Å². The van der Waals surface area contributed by atoms with Gasteiger partial charge in [-0.1, -0.05) is 24.3 Å². The van der Waals surface area contributed by atoms with Crippen LogP contribution in [-0.2, 0) is 0 Å². The second-order valence-corrected chi connectivity index (χ2v) is 2.20. The summed E-state index contributed by atoms with van der Waals surface area (Å²) in [6.07, 6.45) is 1.81. The Morgan fingerprint density at radius 2 is 1.67 bits per heavy atom. The highest BCUT2D eigenvalue weighted by Crippen LogP contribution is 2.07. The van der Waals surface area contributed by atoms with Crippen LogP contribution in [0.5, 0.6) is 0 Å². The summed E-state index contributed by atoms with van der Waals surface area (Å²) in [4.78, 5) is 4.18. The van der Waals surface area contributed by atoms with Gasteiger partial charge in [-0.25, -0.2) is 5.90 Å². The minimum Gasteiger partial charge on any atom is -0.320 e. The number of aromatic nitrogens is 1. The molecule has 0 atom stereocenters. The van der Waals surface area contributed by atoms with Gasteiger partial charge in [0.2, 0.25) is 0 Å². The minimum atomic E-state index is 1.06. The normalized spacial score (nSPS) is 8.83. The van der Waals surface area contributed by atoms with Crippen molar-refractivity contribution in [3.05, 3.63) is 42.6 Å². The van der Waals surface area contributed by atoms with Crippen molar-refractivity contribution >= 4 is 10.9 Å². The molecule has 0 radical (unpaired) electrons. The summed E-state index contributed by atoms with van der Waals surface area (Å²) in [5, 5.41) is 7.70. The van der Waals surface area contributed by atoms with Crippen LogP contribution >= 0.6 is 0 Å². The predicted octanol–water partition coefficient (Wildman–Crippen LogP) is 1.57. The zero-order chi connectivity index (χ0) is 8.81. The highest BCUT2D eigenvalue weighted by Gasteiger charge is 1.86. The van der Waals surface area contributed by atoms with E-state index in [1.807, 2.05) is 30.5 Å². The summed E-state index contributed by atoms with van der Waals surface area (Å²) >= 11 is 0. The van der Waals surface area contributed by atoms with Crippen LogP contribution in [0.4, 0.5) is 0 Å². The lowest BCUT2D eigenvalue weighted by atomic mass is 10.2. The van der Waals surface area contributed by atoms with Gasteiger partial charge in [0, 0.05) is 11.6 Å². The Balaban J connectivity index is 0.000000336. The molecule has 1 aromatic heterocycles. The number of hydrogen-bond acceptors (Lipinski definition) is 3. The molecule has 2 rings (SSSR count). The molecule has 12 heavy (non-hydrogen) atoms. The van der Waals surface area contributed by atoms with Crippen molar-refractivity contribution < 1.29 is 5.21 Å². The van der Waals surface area contributed by atoms with Crippen molar-refractivity contribution in [2.24, 2.45) is 5.90 Å². The van der Waals surface area contributed by atoms with Crippen molar-refractivity contribution in [2.75, 3.05) is 0 Å². The maximum Gasteiger partial charge on any atom is 0.0701 e. The highest BCUT2D eigenvalue weighted by molar-refractivity contribution is 5.77. The van der Waals surface area contributed by atoms with Crippen LogP contribution in [0.2, 0.25) is 0 Å².